The summed E-state index contributed by atoms with van der Waals surface area (Å²) in [6, 6.07) is 2.50. The average Bonchev–Trinajstić information content (AvgIpc) is 2.76. The van der Waals surface area contributed by atoms with E-state index in [0.29, 0.717) is 11.3 Å². The molecule has 1 aromatic rings. The number of hydrogen-bond acceptors (Lipinski definition) is 5. The predicted molar refractivity (Wildman–Crippen MR) is 74.9 cm³/mol. The largest absolute Gasteiger partial charge is 0.366 e. The van der Waals surface area contributed by atoms with Crippen LogP contribution in [-0.2, 0) is 0 Å². The number of aromatic nitrogens is 2. The van der Waals surface area contributed by atoms with Crippen LogP contribution in [0.3, 0.4) is 0 Å². The van der Waals surface area contributed by atoms with E-state index in [-0.39, 0.29) is 0 Å². The molecule has 2 rings (SSSR count). The van der Waals surface area contributed by atoms with Crippen molar-refractivity contribution in [3.63, 3.8) is 0 Å². The van der Waals surface area contributed by atoms with Crippen LogP contribution in [0.5, 0.6) is 0 Å². The van der Waals surface area contributed by atoms with E-state index in [0.717, 1.165) is 11.8 Å². The molecule has 0 bridgehead atoms. The zero-order chi connectivity index (χ0) is 12.3. The van der Waals surface area contributed by atoms with Crippen molar-refractivity contribution in [2.75, 3.05) is 30.6 Å². The number of nitrogens with one attached hydrogen (secondary N) is 1. The van der Waals surface area contributed by atoms with Gasteiger partial charge in [0.1, 0.15) is 5.82 Å². The Balaban J connectivity index is 2.05. The second-order valence-electron chi connectivity index (χ2n) is 4.59. The molecule has 0 aromatic carbocycles. The monoisotopic (exact) mass is 252 g/mol. The maximum absolute atomic E-state index is 4.50. The summed E-state index contributed by atoms with van der Waals surface area (Å²) in [6.45, 7) is 0. The number of anilines is 2. The van der Waals surface area contributed by atoms with Crippen molar-refractivity contribution < 1.29 is 0 Å². The molecule has 17 heavy (non-hydrogen) atoms. The van der Waals surface area contributed by atoms with Gasteiger partial charge < -0.3 is 10.2 Å². The molecule has 1 heterocycles. The normalized spacial score (nSPS) is 23.7. The van der Waals surface area contributed by atoms with E-state index in [2.05, 4.69) is 21.5 Å². The molecule has 94 valence electrons. The van der Waals surface area contributed by atoms with Crippen LogP contribution in [0.4, 0.5) is 11.8 Å². The molecular formula is C12H20N4S. The molecular weight excluding hydrogens is 232 g/mol. The van der Waals surface area contributed by atoms with Crippen LogP contribution in [-0.4, -0.2) is 41.6 Å². The van der Waals surface area contributed by atoms with Crippen molar-refractivity contribution in [3.8, 4) is 0 Å². The lowest BCUT2D eigenvalue weighted by molar-refractivity contribution is 0.762. The first-order chi connectivity index (χ1) is 8.20. The molecule has 5 heteroatoms. The molecule has 0 saturated heterocycles. The summed E-state index contributed by atoms with van der Waals surface area (Å²) in [4.78, 5) is 10.6. The molecule has 1 aromatic heterocycles. The molecule has 0 aliphatic heterocycles. The van der Waals surface area contributed by atoms with Crippen LogP contribution in [0.1, 0.15) is 19.3 Å². The van der Waals surface area contributed by atoms with E-state index >= 15 is 0 Å². The van der Waals surface area contributed by atoms with Crippen molar-refractivity contribution in [1.82, 2.24) is 9.97 Å². The van der Waals surface area contributed by atoms with E-state index in [4.69, 9.17) is 0 Å². The van der Waals surface area contributed by atoms with Crippen molar-refractivity contribution in [3.05, 3.63) is 12.3 Å². The second-order valence-corrected chi connectivity index (χ2v) is 5.67. The third-order valence-corrected chi connectivity index (χ3v) is 4.30. The number of hydrogen-bond donors (Lipinski definition) is 1. The first-order valence-electron chi connectivity index (χ1n) is 6.00. The van der Waals surface area contributed by atoms with Crippen LogP contribution in [0.25, 0.3) is 0 Å². The van der Waals surface area contributed by atoms with E-state index in [1.807, 2.05) is 43.0 Å². The van der Waals surface area contributed by atoms with Crippen LogP contribution in [0.15, 0.2) is 12.3 Å². The van der Waals surface area contributed by atoms with Crippen molar-refractivity contribution in [1.29, 1.82) is 0 Å². The number of rotatable bonds is 4. The van der Waals surface area contributed by atoms with Crippen LogP contribution in [0, 0.1) is 0 Å². The molecule has 0 spiro atoms. The Morgan fingerprint density at radius 2 is 2.24 bits per heavy atom. The maximum Gasteiger partial charge on any atom is 0.226 e. The first kappa shape index (κ1) is 12.5. The van der Waals surface area contributed by atoms with Gasteiger partial charge in [-0.1, -0.05) is 6.42 Å². The first-order valence-corrected chi connectivity index (χ1v) is 7.29. The van der Waals surface area contributed by atoms with Gasteiger partial charge in [-0.15, -0.1) is 0 Å². The fourth-order valence-corrected chi connectivity index (χ4v) is 3.14. The SMILES string of the molecule is CSC1CCCC1Nc1ccnc(N(C)C)n1. The smallest absolute Gasteiger partial charge is 0.226 e. The lowest BCUT2D eigenvalue weighted by Gasteiger charge is -2.20. The highest BCUT2D eigenvalue weighted by molar-refractivity contribution is 7.99. The Kier molecular flexibility index (Phi) is 4.10. The van der Waals surface area contributed by atoms with Gasteiger partial charge in [0.2, 0.25) is 5.95 Å². The van der Waals surface area contributed by atoms with Crippen LogP contribution in [0.2, 0.25) is 0 Å². The molecule has 1 saturated carbocycles. The molecule has 1 aliphatic rings. The van der Waals surface area contributed by atoms with Gasteiger partial charge in [-0.3, -0.25) is 0 Å². The third-order valence-electron chi connectivity index (χ3n) is 3.13. The van der Waals surface area contributed by atoms with Gasteiger partial charge in [0.15, 0.2) is 0 Å². The highest BCUT2D eigenvalue weighted by atomic mass is 32.2. The summed E-state index contributed by atoms with van der Waals surface area (Å²) in [7, 11) is 3.92. The molecule has 4 nitrogen and oxygen atoms in total. The minimum absolute atomic E-state index is 0.551. The van der Waals surface area contributed by atoms with Gasteiger partial charge in [0.25, 0.3) is 0 Å². The summed E-state index contributed by atoms with van der Waals surface area (Å²) in [5.41, 5.74) is 0. The van der Waals surface area contributed by atoms with E-state index in [1.54, 1.807) is 0 Å². The Bertz CT molecular complexity index is 369. The topological polar surface area (TPSA) is 41.1 Å². The minimum Gasteiger partial charge on any atom is -0.366 e. The predicted octanol–water partition coefficient (Wildman–Crippen LogP) is 2.24. The summed E-state index contributed by atoms with van der Waals surface area (Å²) in [5, 5.41) is 4.25. The Morgan fingerprint density at radius 1 is 1.41 bits per heavy atom. The van der Waals surface area contributed by atoms with Crippen LogP contribution >= 0.6 is 11.8 Å². The van der Waals surface area contributed by atoms with Gasteiger partial charge >= 0.3 is 0 Å². The molecule has 0 amide bonds. The summed E-state index contributed by atoms with van der Waals surface area (Å²) in [6.07, 6.45) is 7.87. The third kappa shape index (κ3) is 3.03. The molecule has 1 N–H and O–H groups in total. The van der Waals surface area contributed by atoms with Gasteiger partial charge in [0.05, 0.1) is 0 Å². The standard InChI is InChI=1S/C12H20N4S/c1-16(2)12-13-8-7-11(15-12)14-9-5-4-6-10(9)17-3/h7-10H,4-6H2,1-3H3,(H,13,14,15). The summed E-state index contributed by atoms with van der Waals surface area (Å²) < 4.78 is 0. The van der Waals surface area contributed by atoms with Gasteiger partial charge in [-0.25, -0.2) is 4.98 Å². The fourth-order valence-electron chi connectivity index (χ4n) is 2.21. The van der Waals surface area contributed by atoms with Gasteiger partial charge in [-0.05, 0) is 25.2 Å². The maximum atomic E-state index is 4.50. The zero-order valence-corrected chi connectivity index (χ0v) is 11.5. The highest BCUT2D eigenvalue weighted by Crippen LogP contribution is 2.30. The Labute approximate surface area is 107 Å². The minimum atomic E-state index is 0.551. The van der Waals surface area contributed by atoms with Gasteiger partial charge in [-0.2, -0.15) is 16.7 Å². The molecule has 1 fully saturated rings. The number of thioether (sulfide) groups is 1. The molecule has 2 atom stereocenters. The van der Waals surface area contributed by atoms with E-state index in [9.17, 15) is 0 Å². The van der Waals surface area contributed by atoms with Crippen molar-refractivity contribution >= 4 is 23.5 Å². The summed E-state index contributed by atoms with van der Waals surface area (Å²) in [5.74, 6) is 1.70. The van der Waals surface area contributed by atoms with Crippen molar-refractivity contribution in [2.24, 2.45) is 0 Å². The Hall–Kier alpha value is -0.970. The van der Waals surface area contributed by atoms with E-state index in [1.165, 1.54) is 19.3 Å². The summed E-state index contributed by atoms with van der Waals surface area (Å²) >= 11 is 1.95. The number of nitrogens with zero attached hydrogens (tertiary/aromatic N) is 3. The highest BCUT2D eigenvalue weighted by Gasteiger charge is 2.26. The van der Waals surface area contributed by atoms with Crippen molar-refractivity contribution in [2.45, 2.75) is 30.6 Å². The average molecular weight is 252 g/mol. The quantitative estimate of drug-likeness (QED) is 0.890. The lowest BCUT2D eigenvalue weighted by Crippen LogP contribution is -2.26. The fraction of sp³-hybridized carbons (Fsp3) is 0.667. The molecule has 1 aliphatic carbocycles. The Morgan fingerprint density at radius 3 is 2.94 bits per heavy atom. The molecule has 0 radical (unpaired) electrons. The zero-order valence-electron chi connectivity index (χ0n) is 10.7. The second kappa shape index (κ2) is 5.58. The van der Waals surface area contributed by atoms with E-state index < -0.39 is 0 Å². The van der Waals surface area contributed by atoms with Crippen LogP contribution < -0.4 is 10.2 Å². The lowest BCUT2D eigenvalue weighted by atomic mass is 10.2. The molecule has 2 unspecified atom stereocenters. The van der Waals surface area contributed by atoms with Gasteiger partial charge in [0, 0.05) is 31.6 Å².